The summed E-state index contributed by atoms with van der Waals surface area (Å²) in [7, 11) is 1.60. The Balaban J connectivity index is 1.62. The van der Waals surface area contributed by atoms with Gasteiger partial charge < -0.3 is 14.8 Å². The molecule has 0 saturated heterocycles. The van der Waals surface area contributed by atoms with E-state index in [1.165, 1.54) is 0 Å². The molecule has 0 atom stereocenters. The molecule has 0 fully saturated rings. The second kappa shape index (κ2) is 11.6. The first-order valence-corrected chi connectivity index (χ1v) is 11.1. The third-order valence-electron chi connectivity index (χ3n) is 4.55. The van der Waals surface area contributed by atoms with Crippen LogP contribution in [-0.4, -0.2) is 13.0 Å². The number of nitriles is 1. The molecule has 0 aliphatic rings. The molecular weight excluding hydrogens is 539 g/mol. The smallest absolute Gasteiger partial charge is 0.262 e. The molecule has 0 unspecified atom stereocenters. The van der Waals surface area contributed by atoms with Crippen LogP contribution in [0.25, 0.3) is 6.08 Å². The van der Waals surface area contributed by atoms with Gasteiger partial charge >= 0.3 is 0 Å². The molecule has 0 radical (unpaired) electrons. The topological polar surface area (TPSA) is 71.3 Å². The van der Waals surface area contributed by atoms with Gasteiger partial charge in [-0.15, -0.1) is 0 Å². The van der Waals surface area contributed by atoms with E-state index < -0.39 is 5.91 Å². The van der Waals surface area contributed by atoms with Gasteiger partial charge in [-0.05, 0) is 81.8 Å². The summed E-state index contributed by atoms with van der Waals surface area (Å²) in [4.78, 5) is 12.4. The Bertz CT molecular complexity index is 1150. The van der Waals surface area contributed by atoms with E-state index in [4.69, 9.17) is 21.1 Å². The van der Waals surface area contributed by atoms with E-state index >= 15 is 0 Å². The van der Waals surface area contributed by atoms with Crippen molar-refractivity contribution in [1.82, 2.24) is 5.32 Å². The summed E-state index contributed by atoms with van der Waals surface area (Å²) in [5.74, 6) is 1.04. The third-order valence-corrected chi connectivity index (χ3v) is 5.65. The molecule has 32 heavy (non-hydrogen) atoms. The summed E-state index contributed by atoms with van der Waals surface area (Å²) in [6.45, 7) is 0.733. The maximum absolute atomic E-state index is 12.4. The molecule has 0 saturated carbocycles. The number of nitrogens with zero attached hydrogens (tertiary/aromatic N) is 1. The summed E-state index contributed by atoms with van der Waals surface area (Å²) >= 11 is 8.08. The lowest BCUT2D eigenvalue weighted by molar-refractivity contribution is -0.117. The Morgan fingerprint density at radius 1 is 1.09 bits per heavy atom. The van der Waals surface area contributed by atoms with Crippen LogP contribution in [0, 0.1) is 14.9 Å². The zero-order chi connectivity index (χ0) is 22.9. The predicted octanol–water partition coefficient (Wildman–Crippen LogP) is 5.76. The van der Waals surface area contributed by atoms with Crippen molar-refractivity contribution in [1.29, 1.82) is 5.26 Å². The first-order chi connectivity index (χ1) is 15.5. The molecule has 0 aromatic heterocycles. The highest BCUT2D eigenvalue weighted by Crippen LogP contribution is 2.24. The van der Waals surface area contributed by atoms with Gasteiger partial charge in [0.15, 0.2) is 0 Å². The quantitative estimate of drug-likeness (QED) is 0.217. The summed E-state index contributed by atoms with van der Waals surface area (Å²) in [6, 6.07) is 22.3. The van der Waals surface area contributed by atoms with E-state index in [-0.39, 0.29) is 5.57 Å². The third kappa shape index (κ3) is 6.74. The van der Waals surface area contributed by atoms with Crippen LogP contribution in [-0.2, 0) is 17.9 Å². The highest BCUT2D eigenvalue weighted by Gasteiger charge is 2.10. The number of nitrogens with one attached hydrogen (secondary N) is 1. The molecule has 0 heterocycles. The highest BCUT2D eigenvalue weighted by molar-refractivity contribution is 14.1. The van der Waals surface area contributed by atoms with Gasteiger partial charge in [0, 0.05) is 11.6 Å². The van der Waals surface area contributed by atoms with E-state index in [1.807, 2.05) is 72.8 Å². The Morgan fingerprint density at radius 3 is 2.41 bits per heavy atom. The molecule has 5 nitrogen and oxygen atoms in total. The zero-order valence-electron chi connectivity index (χ0n) is 17.3. The first kappa shape index (κ1) is 23.6. The first-order valence-electron chi connectivity index (χ1n) is 9.68. The molecule has 1 amide bonds. The molecule has 3 rings (SSSR count). The van der Waals surface area contributed by atoms with E-state index in [9.17, 15) is 10.1 Å². The van der Waals surface area contributed by atoms with Crippen molar-refractivity contribution < 1.29 is 14.3 Å². The molecule has 0 bridgehead atoms. The molecule has 3 aromatic carbocycles. The van der Waals surface area contributed by atoms with Gasteiger partial charge in [0.2, 0.25) is 0 Å². The molecule has 1 N–H and O–H groups in total. The van der Waals surface area contributed by atoms with Crippen molar-refractivity contribution in [2.45, 2.75) is 13.2 Å². The van der Waals surface area contributed by atoms with Gasteiger partial charge in [-0.25, -0.2) is 0 Å². The van der Waals surface area contributed by atoms with Crippen LogP contribution in [0.4, 0.5) is 0 Å². The minimum absolute atomic E-state index is 0.0316. The Labute approximate surface area is 205 Å². The van der Waals surface area contributed by atoms with Gasteiger partial charge in [0.1, 0.15) is 29.7 Å². The number of ether oxygens (including phenoxy) is 2. The standard InChI is InChI=1S/C25H20ClIN2O3/c1-31-22-9-4-17(5-10-22)15-29-25(30)20(14-28)12-19-6-11-24(23(27)13-19)32-16-18-2-7-21(26)8-3-18/h2-13H,15-16H2,1H3,(H,29,30)/b20-12-. The Morgan fingerprint density at radius 2 is 1.78 bits per heavy atom. The number of hydrogen-bond acceptors (Lipinski definition) is 4. The maximum Gasteiger partial charge on any atom is 0.262 e. The summed E-state index contributed by atoms with van der Waals surface area (Å²) in [5.41, 5.74) is 2.69. The number of carbonyl (C=O) groups is 1. The highest BCUT2D eigenvalue weighted by atomic mass is 127. The lowest BCUT2D eigenvalue weighted by atomic mass is 10.1. The molecule has 3 aromatic rings. The predicted molar refractivity (Wildman–Crippen MR) is 133 cm³/mol. The number of methoxy groups -OCH3 is 1. The van der Waals surface area contributed by atoms with Crippen LogP contribution < -0.4 is 14.8 Å². The van der Waals surface area contributed by atoms with Gasteiger partial charge in [-0.2, -0.15) is 5.26 Å². The second-order valence-corrected chi connectivity index (χ2v) is 8.40. The Hall–Kier alpha value is -3.02. The molecule has 162 valence electrons. The monoisotopic (exact) mass is 558 g/mol. The van der Waals surface area contributed by atoms with Crippen molar-refractivity contribution in [2.24, 2.45) is 0 Å². The zero-order valence-corrected chi connectivity index (χ0v) is 20.2. The molecular formula is C25H20ClIN2O3. The number of rotatable bonds is 8. The van der Waals surface area contributed by atoms with Gasteiger partial charge in [0.25, 0.3) is 5.91 Å². The van der Waals surface area contributed by atoms with Crippen LogP contribution in [0.1, 0.15) is 16.7 Å². The lowest BCUT2D eigenvalue weighted by Gasteiger charge is -2.09. The van der Waals surface area contributed by atoms with Crippen LogP contribution in [0.5, 0.6) is 11.5 Å². The van der Waals surface area contributed by atoms with Gasteiger partial charge in [-0.1, -0.05) is 41.9 Å². The van der Waals surface area contributed by atoms with Crippen LogP contribution in [0.3, 0.4) is 0 Å². The van der Waals surface area contributed by atoms with Crippen molar-refractivity contribution >= 4 is 46.2 Å². The fourth-order valence-electron chi connectivity index (χ4n) is 2.80. The van der Waals surface area contributed by atoms with E-state index in [0.29, 0.717) is 18.2 Å². The second-order valence-electron chi connectivity index (χ2n) is 6.81. The number of amides is 1. The summed E-state index contributed by atoms with van der Waals surface area (Å²) in [5, 5.41) is 12.9. The summed E-state index contributed by atoms with van der Waals surface area (Å²) in [6.07, 6.45) is 1.56. The SMILES string of the molecule is COc1ccc(CNC(=O)/C(C#N)=C\c2ccc(OCc3ccc(Cl)cc3)c(I)c2)cc1. The largest absolute Gasteiger partial charge is 0.497 e. The minimum Gasteiger partial charge on any atom is -0.497 e. The normalized spacial score (nSPS) is 10.9. The fourth-order valence-corrected chi connectivity index (χ4v) is 3.62. The Kier molecular flexibility index (Phi) is 8.54. The van der Waals surface area contributed by atoms with Crippen LogP contribution >= 0.6 is 34.2 Å². The van der Waals surface area contributed by atoms with E-state index in [2.05, 4.69) is 27.9 Å². The lowest BCUT2D eigenvalue weighted by Crippen LogP contribution is -2.23. The molecule has 0 aliphatic heterocycles. The van der Waals surface area contributed by atoms with Gasteiger partial charge in [-0.3, -0.25) is 4.79 Å². The van der Waals surface area contributed by atoms with Crippen molar-refractivity contribution in [3.63, 3.8) is 0 Å². The minimum atomic E-state index is -0.429. The van der Waals surface area contributed by atoms with Crippen molar-refractivity contribution in [3.8, 4) is 17.6 Å². The fraction of sp³-hybridized carbons (Fsp3) is 0.120. The average molecular weight is 559 g/mol. The molecule has 0 aliphatic carbocycles. The molecule has 7 heteroatoms. The summed E-state index contributed by atoms with van der Waals surface area (Å²) < 4.78 is 11.9. The number of carbonyl (C=O) groups excluding carboxylic acids is 1. The van der Waals surface area contributed by atoms with E-state index in [0.717, 1.165) is 31.8 Å². The maximum atomic E-state index is 12.4. The van der Waals surface area contributed by atoms with Gasteiger partial charge in [0.05, 0.1) is 10.7 Å². The number of benzene rings is 3. The number of hydrogen-bond donors (Lipinski definition) is 1. The van der Waals surface area contributed by atoms with Crippen LogP contribution in [0.2, 0.25) is 5.02 Å². The number of halogens is 2. The average Bonchev–Trinajstić information content (AvgIpc) is 2.81. The van der Waals surface area contributed by atoms with E-state index in [1.54, 1.807) is 13.2 Å². The van der Waals surface area contributed by atoms with Crippen LogP contribution in [0.15, 0.2) is 72.3 Å². The van der Waals surface area contributed by atoms with Crippen molar-refractivity contribution in [2.75, 3.05) is 7.11 Å². The molecule has 0 spiro atoms. The van der Waals surface area contributed by atoms with Crippen molar-refractivity contribution in [3.05, 3.63) is 97.6 Å².